The lowest BCUT2D eigenvalue weighted by Crippen LogP contribution is -2.35. The Bertz CT molecular complexity index is 457. The minimum Gasteiger partial charge on any atom is -0.361 e. The summed E-state index contributed by atoms with van der Waals surface area (Å²) in [4.78, 5) is 0.957. The molecule has 0 aliphatic heterocycles. The van der Waals surface area contributed by atoms with Gasteiger partial charge in [-0.05, 0) is 34.1 Å². The van der Waals surface area contributed by atoms with E-state index in [1.54, 1.807) is 0 Å². The Hall–Kier alpha value is -0.440. The molecular formula is C11H9Br2F6N. The van der Waals surface area contributed by atoms with Crippen LogP contribution in [-0.4, -0.2) is 24.6 Å². The molecule has 114 valence electrons. The maximum absolute atomic E-state index is 12.5. The van der Waals surface area contributed by atoms with E-state index in [0.29, 0.717) is 0 Å². The van der Waals surface area contributed by atoms with Gasteiger partial charge in [-0.2, -0.15) is 26.3 Å². The van der Waals surface area contributed by atoms with E-state index in [4.69, 9.17) is 0 Å². The van der Waals surface area contributed by atoms with E-state index in [-0.39, 0.29) is 22.0 Å². The van der Waals surface area contributed by atoms with Gasteiger partial charge in [0.15, 0.2) is 0 Å². The van der Waals surface area contributed by atoms with Gasteiger partial charge in [0.2, 0.25) is 0 Å². The number of nitrogens with zero attached hydrogens (tertiary/aromatic N) is 1. The topological polar surface area (TPSA) is 3.24 Å². The van der Waals surface area contributed by atoms with Crippen molar-refractivity contribution in [2.75, 3.05) is 23.3 Å². The van der Waals surface area contributed by atoms with Gasteiger partial charge in [-0.15, -0.1) is 0 Å². The van der Waals surface area contributed by atoms with Crippen molar-refractivity contribution in [3.8, 4) is 0 Å². The summed E-state index contributed by atoms with van der Waals surface area (Å²) in [6.45, 7) is -1.22. The third kappa shape index (κ3) is 5.16. The molecule has 0 radical (unpaired) electrons. The molecule has 0 saturated carbocycles. The number of halogens is 8. The molecule has 0 aliphatic carbocycles. The number of rotatable bonds is 4. The van der Waals surface area contributed by atoms with Crippen LogP contribution in [-0.2, 0) is 6.18 Å². The molecule has 0 aromatic heterocycles. The summed E-state index contributed by atoms with van der Waals surface area (Å²) in [5.41, 5.74) is -0.853. The molecular weight excluding hydrogens is 420 g/mol. The van der Waals surface area contributed by atoms with Gasteiger partial charge in [-0.1, -0.05) is 15.9 Å². The van der Waals surface area contributed by atoms with Crippen molar-refractivity contribution < 1.29 is 26.3 Å². The summed E-state index contributed by atoms with van der Waals surface area (Å²) < 4.78 is 74.9. The minimum absolute atomic E-state index is 0.0173. The number of anilines is 1. The number of hydrogen-bond donors (Lipinski definition) is 0. The fraction of sp³-hybridized carbons (Fsp3) is 0.455. The standard InChI is InChI=1S/C11H9Br2F6N/c12-3-4-20(6-10(14,15)16)9-2-1-7(5-8(9)13)11(17,18)19/h1-2,5H,3-4,6H2. The van der Waals surface area contributed by atoms with E-state index in [9.17, 15) is 26.3 Å². The van der Waals surface area contributed by atoms with Crippen LogP contribution in [0.5, 0.6) is 0 Å². The van der Waals surface area contributed by atoms with Crippen LogP contribution in [0, 0.1) is 0 Å². The molecule has 1 aromatic rings. The number of alkyl halides is 7. The average Bonchev–Trinajstić information content (AvgIpc) is 2.25. The number of hydrogen-bond acceptors (Lipinski definition) is 1. The summed E-state index contributed by atoms with van der Waals surface area (Å²) in [5.74, 6) is 0. The monoisotopic (exact) mass is 427 g/mol. The van der Waals surface area contributed by atoms with Gasteiger partial charge in [0.05, 0.1) is 11.3 Å². The zero-order valence-corrected chi connectivity index (χ0v) is 13.0. The maximum Gasteiger partial charge on any atom is 0.416 e. The summed E-state index contributed by atoms with van der Waals surface area (Å²) in [7, 11) is 0. The van der Waals surface area contributed by atoms with Crippen molar-refractivity contribution in [2.45, 2.75) is 12.4 Å². The van der Waals surface area contributed by atoms with Gasteiger partial charge in [-0.25, -0.2) is 0 Å². The highest BCUT2D eigenvalue weighted by atomic mass is 79.9. The molecule has 0 amide bonds. The van der Waals surface area contributed by atoms with E-state index in [0.717, 1.165) is 23.1 Å². The molecule has 0 atom stereocenters. The van der Waals surface area contributed by atoms with Gasteiger partial charge >= 0.3 is 12.4 Å². The summed E-state index contributed by atoms with van der Waals surface area (Å²) in [5, 5.41) is 0.260. The van der Waals surface area contributed by atoms with Crippen molar-refractivity contribution >= 4 is 37.5 Å². The summed E-state index contributed by atoms with van der Waals surface area (Å²) >= 11 is 5.91. The van der Waals surface area contributed by atoms with Crippen LogP contribution in [0.15, 0.2) is 22.7 Å². The second kappa shape index (κ2) is 6.55. The Morgan fingerprint density at radius 1 is 1.05 bits per heavy atom. The lowest BCUT2D eigenvalue weighted by Gasteiger charge is -2.26. The third-order valence-electron chi connectivity index (χ3n) is 2.34. The second-order valence-electron chi connectivity index (χ2n) is 3.89. The first-order chi connectivity index (χ1) is 9.04. The first-order valence-electron chi connectivity index (χ1n) is 5.29. The van der Waals surface area contributed by atoms with Gasteiger partial charge in [-0.3, -0.25) is 0 Å². The van der Waals surface area contributed by atoms with Crippen LogP contribution in [0.1, 0.15) is 5.56 Å². The van der Waals surface area contributed by atoms with Crippen molar-refractivity contribution in [3.63, 3.8) is 0 Å². The Labute approximate surface area is 128 Å². The van der Waals surface area contributed by atoms with Crippen LogP contribution < -0.4 is 4.90 Å². The van der Waals surface area contributed by atoms with E-state index in [1.807, 2.05) is 0 Å². The molecule has 1 aromatic carbocycles. The normalized spacial score (nSPS) is 12.6. The molecule has 9 heteroatoms. The predicted octanol–water partition coefficient (Wildman–Crippen LogP) is 5.23. The van der Waals surface area contributed by atoms with Gasteiger partial charge in [0.1, 0.15) is 6.54 Å². The van der Waals surface area contributed by atoms with E-state index in [1.165, 1.54) is 0 Å². The maximum atomic E-state index is 12.5. The highest BCUT2D eigenvalue weighted by Gasteiger charge is 2.33. The molecule has 0 bridgehead atoms. The Balaban J connectivity index is 3.09. The zero-order chi connectivity index (χ0) is 15.6. The largest absolute Gasteiger partial charge is 0.416 e. The highest BCUT2D eigenvalue weighted by molar-refractivity contribution is 9.10. The SMILES string of the molecule is FC(F)(F)CN(CCBr)c1ccc(C(F)(F)F)cc1Br. The van der Waals surface area contributed by atoms with Crippen LogP contribution >= 0.6 is 31.9 Å². The summed E-state index contributed by atoms with van der Waals surface area (Å²) in [6.07, 6.45) is -8.98. The smallest absolute Gasteiger partial charge is 0.361 e. The molecule has 0 saturated heterocycles. The molecule has 0 spiro atoms. The predicted molar refractivity (Wildman–Crippen MR) is 71.2 cm³/mol. The highest BCUT2D eigenvalue weighted by Crippen LogP contribution is 2.36. The Morgan fingerprint density at radius 3 is 2.05 bits per heavy atom. The number of benzene rings is 1. The fourth-order valence-electron chi connectivity index (χ4n) is 1.54. The van der Waals surface area contributed by atoms with Gasteiger partial charge < -0.3 is 4.90 Å². The van der Waals surface area contributed by atoms with Crippen molar-refractivity contribution in [2.24, 2.45) is 0 Å². The molecule has 0 N–H and O–H groups in total. The molecule has 0 unspecified atom stereocenters. The second-order valence-corrected chi connectivity index (χ2v) is 5.54. The average molecular weight is 429 g/mol. The molecule has 1 nitrogen and oxygen atoms in total. The first kappa shape index (κ1) is 17.6. The van der Waals surface area contributed by atoms with Crippen LogP contribution in [0.25, 0.3) is 0 Å². The quantitative estimate of drug-likeness (QED) is 0.468. The summed E-state index contributed by atoms with van der Waals surface area (Å²) in [6, 6.07) is 2.56. The Kier molecular flexibility index (Phi) is 5.77. The van der Waals surface area contributed by atoms with Crippen molar-refractivity contribution in [1.29, 1.82) is 0 Å². The first-order valence-corrected chi connectivity index (χ1v) is 7.20. The molecule has 20 heavy (non-hydrogen) atoms. The van der Waals surface area contributed by atoms with Crippen molar-refractivity contribution in [1.82, 2.24) is 0 Å². The van der Waals surface area contributed by atoms with Crippen LogP contribution in [0.2, 0.25) is 0 Å². The van der Waals surface area contributed by atoms with E-state index in [2.05, 4.69) is 31.9 Å². The lowest BCUT2D eigenvalue weighted by molar-refractivity contribution is -0.137. The molecule has 0 heterocycles. The van der Waals surface area contributed by atoms with Gasteiger partial charge in [0.25, 0.3) is 0 Å². The van der Waals surface area contributed by atoms with E-state index < -0.39 is 24.5 Å². The third-order valence-corrected chi connectivity index (χ3v) is 3.33. The molecule has 1 rings (SSSR count). The molecule has 0 aliphatic rings. The molecule has 0 fully saturated rings. The van der Waals surface area contributed by atoms with E-state index >= 15 is 0 Å². The van der Waals surface area contributed by atoms with Gasteiger partial charge in [0, 0.05) is 16.3 Å². The van der Waals surface area contributed by atoms with Crippen molar-refractivity contribution in [3.05, 3.63) is 28.2 Å². The van der Waals surface area contributed by atoms with Crippen LogP contribution in [0.3, 0.4) is 0 Å². The van der Waals surface area contributed by atoms with Crippen LogP contribution in [0.4, 0.5) is 32.0 Å². The lowest BCUT2D eigenvalue weighted by atomic mass is 10.2. The fourth-order valence-corrected chi connectivity index (χ4v) is 2.60. The minimum atomic E-state index is -4.54. The zero-order valence-electron chi connectivity index (χ0n) is 9.82. The Morgan fingerprint density at radius 2 is 1.65 bits per heavy atom.